The van der Waals surface area contributed by atoms with Gasteiger partial charge in [0.2, 0.25) is 0 Å². The number of fused-ring (bicyclic) bond motifs is 1. The molecule has 200 valence electrons. The van der Waals surface area contributed by atoms with Crippen LogP contribution in [0, 0.1) is 0 Å². The predicted octanol–water partition coefficient (Wildman–Crippen LogP) is 5.56. The zero-order valence-electron chi connectivity index (χ0n) is 21.3. The highest BCUT2D eigenvalue weighted by Gasteiger charge is 2.23. The number of carbonyl (C=O) groups is 2. The monoisotopic (exact) mass is 552 g/mol. The van der Waals surface area contributed by atoms with Crippen molar-refractivity contribution in [2.24, 2.45) is 0 Å². The second kappa shape index (κ2) is 12.3. The first-order valence-corrected chi connectivity index (χ1v) is 12.9. The lowest BCUT2D eigenvalue weighted by Crippen LogP contribution is -2.42. The average Bonchev–Trinajstić information content (AvgIpc) is 3.40. The molecule has 1 atom stereocenters. The number of nitrogens with one attached hydrogen (secondary N) is 1. The molecule has 0 spiro atoms. The van der Waals surface area contributed by atoms with Crippen molar-refractivity contribution >= 4 is 41.3 Å². The van der Waals surface area contributed by atoms with Crippen LogP contribution in [0.2, 0.25) is 5.02 Å². The highest BCUT2D eigenvalue weighted by atomic mass is 35.5. The van der Waals surface area contributed by atoms with E-state index in [2.05, 4.69) is 15.4 Å². The molecule has 5 aromatic rings. The molecule has 0 saturated heterocycles. The van der Waals surface area contributed by atoms with E-state index in [-0.39, 0.29) is 12.1 Å². The Morgan fingerprint density at radius 2 is 1.68 bits per heavy atom. The molecule has 9 heteroatoms. The van der Waals surface area contributed by atoms with E-state index in [0.29, 0.717) is 28.7 Å². The second-order valence-corrected chi connectivity index (χ2v) is 9.50. The first-order chi connectivity index (χ1) is 19.4. The van der Waals surface area contributed by atoms with Gasteiger partial charge in [-0.1, -0.05) is 72.3 Å². The molecule has 0 bridgehead atoms. The van der Waals surface area contributed by atoms with E-state index in [0.717, 1.165) is 16.7 Å². The van der Waals surface area contributed by atoms with Crippen molar-refractivity contribution in [3.63, 3.8) is 0 Å². The number of aliphatic carboxylic acids is 1. The second-order valence-electron chi connectivity index (χ2n) is 9.06. The minimum atomic E-state index is -1.14. The Hall–Kier alpha value is -4.95. The molecule has 1 amide bonds. The van der Waals surface area contributed by atoms with Gasteiger partial charge in [0.25, 0.3) is 5.91 Å². The van der Waals surface area contributed by atoms with Crippen molar-refractivity contribution in [3.05, 3.63) is 130 Å². The van der Waals surface area contributed by atoms with Crippen LogP contribution in [0.3, 0.4) is 0 Å². The number of ether oxygens (including phenoxy) is 1. The van der Waals surface area contributed by atoms with Crippen LogP contribution in [0.25, 0.3) is 17.8 Å². The van der Waals surface area contributed by atoms with Crippen molar-refractivity contribution < 1.29 is 19.4 Å². The zero-order chi connectivity index (χ0) is 27.9. The summed E-state index contributed by atoms with van der Waals surface area (Å²) in [6.07, 6.45) is 5.31. The maximum absolute atomic E-state index is 12.9. The number of nitrogens with zero attached hydrogens (tertiary/aromatic N) is 3. The quantitative estimate of drug-likeness (QED) is 0.235. The van der Waals surface area contributed by atoms with E-state index in [1.807, 2.05) is 54.6 Å². The molecule has 1 unspecified atom stereocenters. The molecule has 8 nitrogen and oxygen atoms in total. The normalized spacial score (nSPS) is 11.9. The molecule has 0 saturated carbocycles. The van der Waals surface area contributed by atoms with Gasteiger partial charge in [-0.25, -0.2) is 14.3 Å². The summed E-state index contributed by atoms with van der Waals surface area (Å²) >= 11 is 5.93. The van der Waals surface area contributed by atoms with Crippen molar-refractivity contribution in [3.8, 4) is 5.75 Å². The van der Waals surface area contributed by atoms with Crippen LogP contribution >= 0.6 is 11.6 Å². The number of imidazole rings is 1. The molecule has 5 rings (SSSR count). The standard InChI is InChI=1S/C31H25ClN4O4/c32-24-11-6-21(7-12-24)8-13-25-14-17-29-33-28(19-36(29)35-25)30(37)34-27(31(38)39)18-22-9-15-26(16-10-22)40-20-23-4-2-1-3-5-23/h1-17,19,27H,18,20H2,(H,34,37)(H,38,39)/b13-8+. The molecule has 2 heterocycles. The van der Waals surface area contributed by atoms with Gasteiger partial charge in [-0.3, -0.25) is 4.79 Å². The van der Waals surface area contributed by atoms with Crippen LogP contribution in [-0.2, 0) is 17.8 Å². The van der Waals surface area contributed by atoms with E-state index < -0.39 is 17.9 Å². The van der Waals surface area contributed by atoms with Crippen LogP contribution in [0.15, 0.2) is 97.2 Å². The molecular weight excluding hydrogens is 528 g/mol. The van der Waals surface area contributed by atoms with Gasteiger partial charge in [-0.2, -0.15) is 5.10 Å². The third kappa shape index (κ3) is 6.92. The van der Waals surface area contributed by atoms with Crippen LogP contribution < -0.4 is 10.1 Å². The predicted molar refractivity (Wildman–Crippen MR) is 153 cm³/mol. The number of amides is 1. The van der Waals surface area contributed by atoms with Gasteiger partial charge in [-0.05, 0) is 59.2 Å². The lowest BCUT2D eigenvalue weighted by atomic mass is 10.1. The first kappa shape index (κ1) is 26.6. The van der Waals surface area contributed by atoms with Crippen molar-refractivity contribution in [1.82, 2.24) is 19.9 Å². The number of carbonyl (C=O) groups excluding carboxylic acids is 1. The molecule has 0 radical (unpaired) electrons. The number of hydrogen-bond acceptors (Lipinski definition) is 5. The van der Waals surface area contributed by atoms with Gasteiger partial charge >= 0.3 is 5.97 Å². The van der Waals surface area contributed by atoms with Gasteiger partial charge in [0.05, 0.1) is 11.9 Å². The summed E-state index contributed by atoms with van der Waals surface area (Å²) in [6, 6.07) is 26.7. The van der Waals surface area contributed by atoms with Crippen LogP contribution in [-0.4, -0.2) is 37.6 Å². The summed E-state index contributed by atoms with van der Waals surface area (Å²) in [6.45, 7) is 0.433. The number of carboxylic acids is 1. The Kier molecular flexibility index (Phi) is 8.18. The van der Waals surface area contributed by atoms with Gasteiger partial charge in [0, 0.05) is 11.4 Å². The molecule has 0 aliphatic carbocycles. The minimum Gasteiger partial charge on any atom is -0.489 e. The SMILES string of the molecule is O=C(NC(Cc1ccc(OCc2ccccc2)cc1)C(=O)O)c1cn2nc(/C=C/c3ccc(Cl)cc3)ccc2n1. The Morgan fingerprint density at radius 3 is 2.40 bits per heavy atom. The van der Waals surface area contributed by atoms with Gasteiger partial charge in [0.15, 0.2) is 5.65 Å². The van der Waals surface area contributed by atoms with E-state index in [1.165, 1.54) is 10.7 Å². The third-order valence-corrected chi connectivity index (χ3v) is 6.36. The molecule has 0 aliphatic heterocycles. The van der Waals surface area contributed by atoms with Crippen LogP contribution in [0.5, 0.6) is 5.75 Å². The number of rotatable bonds is 10. The Labute approximate surface area is 235 Å². The number of hydrogen-bond donors (Lipinski definition) is 2. The third-order valence-electron chi connectivity index (χ3n) is 6.10. The lowest BCUT2D eigenvalue weighted by molar-refractivity contribution is -0.139. The van der Waals surface area contributed by atoms with Gasteiger partial charge < -0.3 is 15.2 Å². The van der Waals surface area contributed by atoms with Crippen LogP contribution in [0.1, 0.15) is 32.9 Å². The molecule has 2 aromatic heterocycles. The fourth-order valence-electron chi connectivity index (χ4n) is 3.98. The summed E-state index contributed by atoms with van der Waals surface area (Å²) in [5.74, 6) is -1.07. The van der Waals surface area contributed by atoms with E-state index in [4.69, 9.17) is 16.3 Å². The zero-order valence-corrected chi connectivity index (χ0v) is 22.0. The first-order valence-electron chi connectivity index (χ1n) is 12.5. The maximum atomic E-state index is 12.9. The van der Waals surface area contributed by atoms with E-state index in [9.17, 15) is 14.7 Å². The molecule has 40 heavy (non-hydrogen) atoms. The number of benzene rings is 3. The van der Waals surface area contributed by atoms with E-state index >= 15 is 0 Å². The fraction of sp³-hybridized carbons (Fsp3) is 0.0968. The van der Waals surface area contributed by atoms with Crippen molar-refractivity contribution in [2.75, 3.05) is 0 Å². The number of halogens is 1. The molecule has 2 N–H and O–H groups in total. The highest BCUT2D eigenvalue weighted by Crippen LogP contribution is 2.16. The van der Waals surface area contributed by atoms with Crippen molar-refractivity contribution in [1.29, 1.82) is 0 Å². The molecular formula is C31H25ClN4O4. The average molecular weight is 553 g/mol. The highest BCUT2D eigenvalue weighted by molar-refractivity contribution is 6.30. The topological polar surface area (TPSA) is 106 Å². The van der Waals surface area contributed by atoms with Gasteiger partial charge in [0.1, 0.15) is 24.1 Å². The molecule has 3 aromatic carbocycles. The Bertz CT molecular complexity index is 1650. The van der Waals surface area contributed by atoms with Crippen LogP contribution in [0.4, 0.5) is 0 Å². The summed E-state index contributed by atoms with van der Waals surface area (Å²) in [7, 11) is 0. The lowest BCUT2D eigenvalue weighted by Gasteiger charge is -2.14. The maximum Gasteiger partial charge on any atom is 0.326 e. The van der Waals surface area contributed by atoms with Crippen molar-refractivity contribution in [2.45, 2.75) is 19.1 Å². The number of aromatic nitrogens is 3. The summed E-state index contributed by atoms with van der Waals surface area (Å²) < 4.78 is 7.28. The van der Waals surface area contributed by atoms with Gasteiger partial charge in [-0.15, -0.1) is 0 Å². The Morgan fingerprint density at radius 1 is 0.925 bits per heavy atom. The number of carboxylic acid groups (broad SMARTS) is 1. The Balaban J connectivity index is 1.21. The molecule has 0 fully saturated rings. The fourth-order valence-corrected chi connectivity index (χ4v) is 4.11. The summed E-state index contributed by atoms with van der Waals surface area (Å²) in [4.78, 5) is 29.1. The summed E-state index contributed by atoms with van der Waals surface area (Å²) in [5, 5.41) is 17.4. The smallest absolute Gasteiger partial charge is 0.326 e. The summed E-state index contributed by atoms with van der Waals surface area (Å²) in [5.41, 5.74) is 3.95. The minimum absolute atomic E-state index is 0.0715. The largest absolute Gasteiger partial charge is 0.489 e. The molecule has 0 aliphatic rings. The van der Waals surface area contributed by atoms with E-state index in [1.54, 1.807) is 48.5 Å².